The smallest absolute Gasteiger partial charge is 0.232 e. The van der Waals surface area contributed by atoms with E-state index in [1.54, 1.807) is 4.68 Å². The zero-order chi connectivity index (χ0) is 17.6. The molecule has 1 fully saturated rings. The number of carbonyl (C=O) groups is 1. The first-order valence-corrected chi connectivity index (χ1v) is 10.1. The molecule has 2 aromatic rings. The third-order valence-corrected chi connectivity index (χ3v) is 5.74. The number of rotatable bonds is 6. The summed E-state index contributed by atoms with van der Waals surface area (Å²) in [6.45, 7) is 2.16. The molecule has 1 N–H and O–H groups in total. The van der Waals surface area contributed by atoms with Crippen molar-refractivity contribution >= 4 is 16.7 Å². The van der Waals surface area contributed by atoms with E-state index in [1.165, 1.54) is 6.42 Å². The maximum absolute atomic E-state index is 12.4. The molecule has 0 unspecified atom stereocenters. The minimum absolute atomic E-state index is 0.0229. The first-order valence-electron chi connectivity index (χ1n) is 8.60. The highest BCUT2D eigenvalue weighted by Crippen LogP contribution is 2.23. The van der Waals surface area contributed by atoms with Gasteiger partial charge in [-0.2, -0.15) is 4.68 Å². The molecule has 8 heteroatoms. The monoisotopic (exact) mass is 361 g/mol. The molecule has 3 rings (SSSR count). The lowest BCUT2D eigenvalue weighted by Crippen LogP contribution is -2.43. The lowest BCUT2D eigenvalue weighted by atomic mass is 9.86. The quantitative estimate of drug-likeness (QED) is 0.844. The number of nitrogens with zero attached hydrogens (tertiary/aromatic N) is 4. The molecule has 0 aliphatic heterocycles. The van der Waals surface area contributed by atoms with Gasteiger partial charge in [0.15, 0.2) is 5.82 Å². The molecule has 1 saturated carbocycles. The van der Waals surface area contributed by atoms with Gasteiger partial charge < -0.3 is 5.32 Å². The molecule has 0 saturated heterocycles. The molecule has 134 valence electrons. The fourth-order valence-corrected chi connectivity index (χ4v) is 4.13. The lowest BCUT2D eigenvalue weighted by molar-refractivity contribution is -0.119. The van der Waals surface area contributed by atoms with Crippen LogP contribution in [0.4, 0.5) is 0 Å². The molecular formula is C17H23N5O2S. The Bertz CT molecular complexity index is 734. The third-order valence-electron chi connectivity index (χ3n) is 4.57. The van der Waals surface area contributed by atoms with Gasteiger partial charge in [0.25, 0.3) is 0 Å². The van der Waals surface area contributed by atoms with Gasteiger partial charge in [-0.1, -0.05) is 38.0 Å². The van der Waals surface area contributed by atoms with Gasteiger partial charge in [0, 0.05) is 16.8 Å². The summed E-state index contributed by atoms with van der Waals surface area (Å²) < 4.78 is 13.9. The number of amides is 1. The Labute approximate surface area is 149 Å². The molecule has 1 aliphatic rings. The highest BCUT2D eigenvalue weighted by atomic mass is 32.2. The van der Waals surface area contributed by atoms with Gasteiger partial charge in [-0.25, -0.2) is 0 Å². The summed E-state index contributed by atoms with van der Waals surface area (Å²) in [5.74, 6) is 0.941. The number of aromatic nitrogens is 4. The summed E-state index contributed by atoms with van der Waals surface area (Å²) >= 11 is 0. The molecule has 0 radical (unpaired) electrons. The number of tetrazole rings is 1. The lowest BCUT2D eigenvalue weighted by Gasteiger charge is -2.29. The van der Waals surface area contributed by atoms with Gasteiger partial charge in [-0.15, -0.1) is 5.10 Å². The molecule has 0 bridgehead atoms. The van der Waals surface area contributed by atoms with Crippen LogP contribution in [0.1, 0.15) is 38.4 Å². The van der Waals surface area contributed by atoms with E-state index in [1.807, 2.05) is 30.3 Å². The van der Waals surface area contributed by atoms with Crippen LogP contribution in [0.15, 0.2) is 30.3 Å². The maximum Gasteiger partial charge on any atom is 0.232 e. The molecule has 1 aromatic carbocycles. The van der Waals surface area contributed by atoms with Crippen LogP contribution in [0.3, 0.4) is 0 Å². The summed E-state index contributed by atoms with van der Waals surface area (Å²) in [4.78, 5) is 12.2. The SMILES string of the molecule is C[C@@H]1CCCC[C@@H]1NC(=O)C[S@@](=O)Cc1nnnn1-c1ccccc1. The van der Waals surface area contributed by atoms with E-state index in [0.29, 0.717) is 11.7 Å². The highest BCUT2D eigenvalue weighted by Gasteiger charge is 2.23. The molecule has 0 spiro atoms. The molecule has 7 nitrogen and oxygen atoms in total. The fraction of sp³-hybridized carbons (Fsp3) is 0.529. The van der Waals surface area contributed by atoms with E-state index >= 15 is 0 Å². The molecule has 1 heterocycles. The van der Waals surface area contributed by atoms with E-state index in [9.17, 15) is 9.00 Å². The van der Waals surface area contributed by atoms with Crippen molar-refractivity contribution in [2.75, 3.05) is 5.75 Å². The van der Waals surface area contributed by atoms with Crippen LogP contribution in [0.25, 0.3) is 5.69 Å². The Hall–Kier alpha value is -2.09. The van der Waals surface area contributed by atoms with Crippen LogP contribution in [0, 0.1) is 5.92 Å². The van der Waals surface area contributed by atoms with Crippen molar-refractivity contribution in [3.8, 4) is 5.69 Å². The molecular weight excluding hydrogens is 338 g/mol. The molecule has 25 heavy (non-hydrogen) atoms. The number of para-hydroxylation sites is 1. The van der Waals surface area contributed by atoms with E-state index in [-0.39, 0.29) is 23.5 Å². The standard InChI is InChI=1S/C17H23N5O2S/c1-13-7-5-6-10-15(13)18-17(23)12-25(24)11-16-19-20-21-22(16)14-8-3-2-4-9-14/h2-4,8-9,13,15H,5-7,10-12H2,1H3,(H,18,23)/t13-,15+,25+/m1/s1. The zero-order valence-corrected chi connectivity index (χ0v) is 15.1. The van der Waals surface area contributed by atoms with E-state index in [4.69, 9.17) is 0 Å². The predicted molar refractivity (Wildman–Crippen MR) is 95.4 cm³/mol. The van der Waals surface area contributed by atoms with Crippen LogP contribution >= 0.6 is 0 Å². The van der Waals surface area contributed by atoms with Crippen LogP contribution in [-0.4, -0.2) is 42.1 Å². The average molecular weight is 361 g/mol. The number of hydrogen-bond acceptors (Lipinski definition) is 5. The zero-order valence-electron chi connectivity index (χ0n) is 14.3. The average Bonchev–Trinajstić information content (AvgIpc) is 3.05. The first-order chi connectivity index (χ1) is 12.1. The van der Waals surface area contributed by atoms with E-state index in [2.05, 4.69) is 27.8 Å². The van der Waals surface area contributed by atoms with Crippen molar-refractivity contribution in [1.29, 1.82) is 0 Å². The predicted octanol–water partition coefficient (Wildman–Crippen LogP) is 1.61. The Morgan fingerprint density at radius 1 is 1.28 bits per heavy atom. The summed E-state index contributed by atoms with van der Waals surface area (Å²) in [7, 11) is -1.35. The topological polar surface area (TPSA) is 89.8 Å². The van der Waals surface area contributed by atoms with Crippen LogP contribution in [0.2, 0.25) is 0 Å². The maximum atomic E-state index is 12.4. The Morgan fingerprint density at radius 3 is 2.80 bits per heavy atom. The van der Waals surface area contributed by atoms with Crippen LogP contribution in [-0.2, 0) is 21.3 Å². The van der Waals surface area contributed by atoms with Crippen molar-refractivity contribution in [3.05, 3.63) is 36.2 Å². The fourth-order valence-electron chi connectivity index (χ4n) is 3.19. The van der Waals surface area contributed by atoms with Gasteiger partial charge in [0.05, 0.1) is 11.4 Å². The van der Waals surface area contributed by atoms with Crippen molar-refractivity contribution in [1.82, 2.24) is 25.5 Å². The Kier molecular flexibility index (Phi) is 5.91. The molecule has 1 amide bonds. The third kappa shape index (κ3) is 4.72. The van der Waals surface area contributed by atoms with Crippen molar-refractivity contribution in [3.63, 3.8) is 0 Å². The second-order valence-electron chi connectivity index (χ2n) is 6.51. The second kappa shape index (κ2) is 8.33. The first kappa shape index (κ1) is 17.7. The van der Waals surface area contributed by atoms with Crippen molar-refractivity contribution < 1.29 is 9.00 Å². The summed E-state index contributed by atoms with van der Waals surface area (Å²) in [5, 5.41) is 14.6. The van der Waals surface area contributed by atoms with Gasteiger partial charge >= 0.3 is 0 Å². The Morgan fingerprint density at radius 2 is 2.04 bits per heavy atom. The summed E-state index contributed by atoms with van der Waals surface area (Å²) in [5.41, 5.74) is 0.806. The Balaban J connectivity index is 1.56. The van der Waals surface area contributed by atoms with Gasteiger partial charge in [-0.05, 0) is 41.3 Å². The van der Waals surface area contributed by atoms with E-state index in [0.717, 1.165) is 24.9 Å². The summed E-state index contributed by atoms with van der Waals surface area (Å²) in [6.07, 6.45) is 4.51. The highest BCUT2D eigenvalue weighted by molar-refractivity contribution is 7.84. The van der Waals surface area contributed by atoms with Gasteiger partial charge in [-0.3, -0.25) is 9.00 Å². The molecule has 1 aliphatic carbocycles. The number of benzene rings is 1. The second-order valence-corrected chi connectivity index (χ2v) is 7.96. The number of hydrogen-bond donors (Lipinski definition) is 1. The number of carbonyl (C=O) groups excluding carboxylic acids is 1. The van der Waals surface area contributed by atoms with Crippen molar-refractivity contribution in [2.24, 2.45) is 5.92 Å². The summed E-state index contributed by atoms with van der Waals surface area (Å²) in [6, 6.07) is 9.63. The normalized spacial score (nSPS) is 21.6. The molecule has 1 aromatic heterocycles. The minimum atomic E-state index is -1.35. The van der Waals surface area contributed by atoms with Gasteiger partial charge in [0.2, 0.25) is 5.91 Å². The minimum Gasteiger partial charge on any atom is -0.352 e. The van der Waals surface area contributed by atoms with Crippen LogP contribution in [0.5, 0.6) is 0 Å². The number of nitrogens with one attached hydrogen (secondary N) is 1. The van der Waals surface area contributed by atoms with Crippen LogP contribution < -0.4 is 5.32 Å². The molecule has 3 atom stereocenters. The largest absolute Gasteiger partial charge is 0.352 e. The van der Waals surface area contributed by atoms with Gasteiger partial charge in [0.1, 0.15) is 5.75 Å². The van der Waals surface area contributed by atoms with Crippen molar-refractivity contribution in [2.45, 2.75) is 44.4 Å². The van der Waals surface area contributed by atoms with E-state index < -0.39 is 10.8 Å².